The molecule has 1 aliphatic rings. The molecular weight excluding hydrogens is 274 g/mol. The van der Waals surface area contributed by atoms with E-state index in [0.717, 1.165) is 18.4 Å². The highest BCUT2D eigenvalue weighted by Crippen LogP contribution is 2.27. The number of carbonyl (C=O) groups is 1. The van der Waals surface area contributed by atoms with Gasteiger partial charge in [-0.25, -0.2) is 4.79 Å². The number of ether oxygens (including phenoxy) is 1. The first-order chi connectivity index (χ1) is 10.4. The number of hydrogen-bond acceptors (Lipinski definition) is 2. The topological polar surface area (TPSA) is 38.3 Å². The van der Waals surface area contributed by atoms with E-state index in [0.29, 0.717) is 12.5 Å². The molecule has 0 atom stereocenters. The Hall–Kier alpha value is -1.95. The number of benzene rings is 1. The van der Waals surface area contributed by atoms with Gasteiger partial charge in [0, 0.05) is 18.0 Å². The lowest BCUT2D eigenvalue weighted by Gasteiger charge is -2.19. The van der Waals surface area contributed by atoms with E-state index in [1.165, 1.54) is 18.4 Å². The molecule has 0 aliphatic heterocycles. The minimum absolute atomic E-state index is 0.350. The minimum Gasteiger partial charge on any atom is -0.444 e. The van der Waals surface area contributed by atoms with Gasteiger partial charge in [-0.1, -0.05) is 24.0 Å². The summed E-state index contributed by atoms with van der Waals surface area (Å²) < 4.78 is 5.20. The summed E-state index contributed by atoms with van der Waals surface area (Å²) in [5.74, 6) is 7.15. The number of rotatable bonds is 4. The molecule has 1 aromatic rings. The molecule has 0 unspecified atom stereocenters. The number of alkyl carbamates (subject to hydrolysis) is 1. The van der Waals surface area contributed by atoms with Gasteiger partial charge in [0.2, 0.25) is 0 Å². The van der Waals surface area contributed by atoms with E-state index in [-0.39, 0.29) is 6.09 Å². The minimum atomic E-state index is -0.446. The fraction of sp³-hybridized carbons (Fsp3) is 0.526. The van der Waals surface area contributed by atoms with Crippen LogP contribution in [0, 0.1) is 17.8 Å². The Kier molecular flexibility index (Phi) is 5.49. The summed E-state index contributed by atoms with van der Waals surface area (Å²) in [6.07, 6.45) is 3.97. The molecule has 1 aromatic carbocycles. The van der Waals surface area contributed by atoms with E-state index in [2.05, 4.69) is 35.4 Å². The van der Waals surface area contributed by atoms with Gasteiger partial charge in [-0.3, -0.25) is 0 Å². The van der Waals surface area contributed by atoms with Gasteiger partial charge in [0.25, 0.3) is 0 Å². The highest BCUT2D eigenvalue weighted by Gasteiger charge is 2.17. The van der Waals surface area contributed by atoms with Crippen LogP contribution in [0.1, 0.15) is 51.2 Å². The summed E-state index contributed by atoms with van der Waals surface area (Å²) in [4.78, 5) is 11.5. The van der Waals surface area contributed by atoms with Gasteiger partial charge < -0.3 is 10.1 Å². The second kappa shape index (κ2) is 7.35. The highest BCUT2D eigenvalue weighted by molar-refractivity contribution is 5.67. The maximum atomic E-state index is 11.5. The molecule has 0 radical (unpaired) electrons. The first-order valence-electron chi connectivity index (χ1n) is 8.00. The molecule has 1 fully saturated rings. The van der Waals surface area contributed by atoms with E-state index in [9.17, 15) is 4.79 Å². The molecule has 0 saturated heterocycles. The first kappa shape index (κ1) is 16.4. The van der Waals surface area contributed by atoms with Crippen molar-refractivity contribution in [3.8, 4) is 11.8 Å². The van der Waals surface area contributed by atoms with Crippen molar-refractivity contribution in [2.75, 3.05) is 6.54 Å². The van der Waals surface area contributed by atoms with Crippen molar-refractivity contribution in [3.05, 3.63) is 35.4 Å². The Morgan fingerprint density at radius 3 is 2.82 bits per heavy atom. The molecule has 0 spiro atoms. The van der Waals surface area contributed by atoms with Crippen molar-refractivity contribution in [2.24, 2.45) is 5.92 Å². The lowest BCUT2D eigenvalue weighted by molar-refractivity contribution is 0.0527. The molecular formula is C19H25NO2. The van der Waals surface area contributed by atoms with E-state index in [1.807, 2.05) is 26.8 Å². The maximum absolute atomic E-state index is 11.5. The van der Waals surface area contributed by atoms with E-state index in [4.69, 9.17) is 4.74 Å². The largest absolute Gasteiger partial charge is 0.444 e. The van der Waals surface area contributed by atoms with Crippen molar-refractivity contribution in [1.29, 1.82) is 0 Å². The third kappa shape index (κ3) is 6.67. The first-order valence-corrected chi connectivity index (χ1v) is 8.00. The number of hydrogen-bond donors (Lipinski definition) is 1. The van der Waals surface area contributed by atoms with Crippen LogP contribution in [0.25, 0.3) is 0 Å². The van der Waals surface area contributed by atoms with E-state index >= 15 is 0 Å². The van der Waals surface area contributed by atoms with Crippen LogP contribution in [0.4, 0.5) is 4.79 Å². The standard InChI is InChI=1S/C19H25NO2/c1-19(2,3)22-18(21)20-13-5-8-16-6-4-7-17(14-16)12-11-15-9-10-15/h4,6-7,14-15H,5,8-10,13H2,1-3H3,(H,20,21). The number of nitrogens with one attached hydrogen (secondary N) is 1. The number of aryl methyl sites for hydroxylation is 1. The molecule has 1 saturated carbocycles. The molecule has 118 valence electrons. The predicted octanol–water partition coefficient (Wildman–Crippen LogP) is 3.91. The Bertz CT molecular complexity index is 571. The summed E-state index contributed by atoms with van der Waals surface area (Å²) in [7, 11) is 0. The molecule has 3 heteroatoms. The van der Waals surface area contributed by atoms with Crippen LogP contribution < -0.4 is 5.32 Å². The van der Waals surface area contributed by atoms with Crippen LogP contribution in [-0.4, -0.2) is 18.2 Å². The molecule has 1 amide bonds. The zero-order chi connectivity index (χ0) is 16.0. The average Bonchev–Trinajstić information content (AvgIpc) is 3.24. The summed E-state index contributed by atoms with van der Waals surface area (Å²) in [6, 6.07) is 8.35. The Morgan fingerprint density at radius 2 is 2.14 bits per heavy atom. The molecule has 0 heterocycles. The van der Waals surface area contributed by atoms with Crippen LogP contribution >= 0.6 is 0 Å². The van der Waals surface area contributed by atoms with Crippen LogP contribution in [0.2, 0.25) is 0 Å². The van der Waals surface area contributed by atoms with Gasteiger partial charge in [-0.2, -0.15) is 0 Å². The van der Waals surface area contributed by atoms with Gasteiger partial charge in [0.1, 0.15) is 5.60 Å². The molecule has 0 bridgehead atoms. The number of carbonyl (C=O) groups excluding carboxylic acids is 1. The van der Waals surface area contributed by atoms with E-state index < -0.39 is 5.60 Å². The quantitative estimate of drug-likeness (QED) is 0.676. The van der Waals surface area contributed by atoms with Gasteiger partial charge in [-0.15, -0.1) is 0 Å². The molecule has 1 aliphatic carbocycles. The molecule has 3 nitrogen and oxygen atoms in total. The van der Waals surface area contributed by atoms with Crippen molar-refractivity contribution in [2.45, 2.75) is 52.1 Å². The summed E-state index contributed by atoms with van der Waals surface area (Å²) in [6.45, 7) is 6.20. The van der Waals surface area contributed by atoms with Crippen LogP contribution in [-0.2, 0) is 11.2 Å². The lowest BCUT2D eigenvalue weighted by atomic mass is 10.1. The second-order valence-electron chi connectivity index (χ2n) is 6.78. The van der Waals surface area contributed by atoms with Crippen molar-refractivity contribution in [1.82, 2.24) is 5.32 Å². The van der Waals surface area contributed by atoms with Gasteiger partial charge in [0.05, 0.1) is 0 Å². The van der Waals surface area contributed by atoms with Crippen LogP contribution in [0.3, 0.4) is 0 Å². The Balaban J connectivity index is 1.72. The number of amides is 1. The fourth-order valence-electron chi connectivity index (χ4n) is 2.01. The molecule has 1 N–H and O–H groups in total. The van der Waals surface area contributed by atoms with Crippen molar-refractivity contribution < 1.29 is 9.53 Å². The van der Waals surface area contributed by atoms with Gasteiger partial charge >= 0.3 is 6.09 Å². The third-order valence-corrected chi connectivity index (χ3v) is 3.24. The van der Waals surface area contributed by atoms with Crippen molar-refractivity contribution in [3.63, 3.8) is 0 Å². The zero-order valence-corrected chi connectivity index (χ0v) is 13.7. The maximum Gasteiger partial charge on any atom is 0.407 e. The zero-order valence-electron chi connectivity index (χ0n) is 13.7. The monoisotopic (exact) mass is 299 g/mol. The molecule has 22 heavy (non-hydrogen) atoms. The Labute approximate surface area is 133 Å². The Morgan fingerprint density at radius 1 is 1.36 bits per heavy atom. The van der Waals surface area contributed by atoms with Crippen molar-refractivity contribution >= 4 is 6.09 Å². The third-order valence-electron chi connectivity index (χ3n) is 3.24. The van der Waals surface area contributed by atoms with Crippen LogP contribution in [0.15, 0.2) is 24.3 Å². The predicted molar refractivity (Wildman–Crippen MR) is 88.6 cm³/mol. The highest BCUT2D eigenvalue weighted by atomic mass is 16.6. The smallest absolute Gasteiger partial charge is 0.407 e. The summed E-state index contributed by atoms with van der Waals surface area (Å²) >= 11 is 0. The normalized spacial score (nSPS) is 14.0. The van der Waals surface area contributed by atoms with Crippen LogP contribution in [0.5, 0.6) is 0 Å². The average molecular weight is 299 g/mol. The second-order valence-corrected chi connectivity index (χ2v) is 6.78. The van der Waals surface area contributed by atoms with E-state index in [1.54, 1.807) is 0 Å². The fourth-order valence-corrected chi connectivity index (χ4v) is 2.01. The lowest BCUT2D eigenvalue weighted by Crippen LogP contribution is -2.33. The van der Waals surface area contributed by atoms with Gasteiger partial charge in [-0.05, 0) is 64.2 Å². The SMILES string of the molecule is CC(C)(C)OC(=O)NCCCc1cccc(C#CC2CC2)c1. The molecule has 0 aromatic heterocycles. The summed E-state index contributed by atoms with van der Waals surface area (Å²) in [5.41, 5.74) is 1.90. The molecule has 2 rings (SSSR count). The van der Waals surface area contributed by atoms with Gasteiger partial charge in [0.15, 0.2) is 0 Å². The summed E-state index contributed by atoms with van der Waals surface area (Å²) in [5, 5.41) is 2.78.